The van der Waals surface area contributed by atoms with Crippen molar-refractivity contribution < 1.29 is 0 Å². The molecule has 1 aliphatic heterocycles. The Hall–Kier alpha value is -1.72. The molecule has 1 aromatic heterocycles. The first-order valence-electron chi connectivity index (χ1n) is 7.64. The van der Waals surface area contributed by atoms with Gasteiger partial charge in [-0.05, 0) is 31.5 Å². The second-order valence-corrected chi connectivity index (χ2v) is 5.58. The van der Waals surface area contributed by atoms with Crippen LogP contribution < -0.4 is 5.32 Å². The summed E-state index contributed by atoms with van der Waals surface area (Å²) in [6.45, 7) is 5.81. The first-order chi connectivity index (χ1) is 10.3. The highest BCUT2D eigenvalue weighted by Gasteiger charge is 2.26. The van der Waals surface area contributed by atoms with Gasteiger partial charge in [-0.15, -0.1) is 0 Å². The highest BCUT2D eigenvalue weighted by molar-refractivity contribution is 5.30. The average Bonchev–Trinajstić information content (AvgIpc) is 2.95. The normalized spacial score (nSPS) is 18.7. The van der Waals surface area contributed by atoms with Crippen molar-refractivity contribution in [1.82, 2.24) is 25.0 Å². The third kappa shape index (κ3) is 2.99. The van der Waals surface area contributed by atoms with Crippen molar-refractivity contribution in [2.75, 3.05) is 13.6 Å². The Balaban J connectivity index is 1.82. The van der Waals surface area contributed by atoms with Gasteiger partial charge in [0.2, 0.25) is 0 Å². The second kappa shape index (κ2) is 6.37. The highest BCUT2D eigenvalue weighted by atomic mass is 15.3. The average molecular weight is 285 g/mol. The van der Waals surface area contributed by atoms with Crippen LogP contribution in [0.1, 0.15) is 23.9 Å². The summed E-state index contributed by atoms with van der Waals surface area (Å²) >= 11 is 0. The van der Waals surface area contributed by atoms with Crippen LogP contribution in [0.2, 0.25) is 0 Å². The Morgan fingerprint density at radius 2 is 2.10 bits per heavy atom. The number of fused-ring (bicyclic) bond motifs is 1. The third-order valence-corrected chi connectivity index (χ3v) is 4.24. The molecule has 0 spiro atoms. The summed E-state index contributed by atoms with van der Waals surface area (Å²) in [4.78, 5) is 6.93. The number of benzene rings is 1. The molecule has 0 aliphatic carbocycles. The Morgan fingerprint density at radius 3 is 2.86 bits per heavy atom. The minimum atomic E-state index is 0.506. The van der Waals surface area contributed by atoms with E-state index < -0.39 is 0 Å². The molecule has 3 rings (SSSR count). The van der Waals surface area contributed by atoms with E-state index in [0.29, 0.717) is 6.04 Å². The molecule has 1 aromatic carbocycles. The Morgan fingerprint density at radius 1 is 1.29 bits per heavy atom. The molecule has 0 amide bonds. The van der Waals surface area contributed by atoms with Crippen LogP contribution in [0.3, 0.4) is 0 Å². The van der Waals surface area contributed by atoms with Gasteiger partial charge in [0, 0.05) is 25.7 Å². The molecule has 0 fully saturated rings. The molecule has 0 saturated carbocycles. The van der Waals surface area contributed by atoms with Gasteiger partial charge in [0.25, 0.3) is 0 Å². The van der Waals surface area contributed by atoms with Crippen molar-refractivity contribution in [3.63, 3.8) is 0 Å². The van der Waals surface area contributed by atoms with Gasteiger partial charge in [0.1, 0.15) is 12.2 Å². The van der Waals surface area contributed by atoms with Gasteiger partial charge in [-0.1, -0.05) is 24.3 Å². The number of likely N-dealkylation sites (N-methyl/N-ethyl adjacent to an activating group) is 1. The van der Waals surface area contributed by atoms with Crippen molar-refractivity contribution in [2.24, 2.45) is 0 Å². The van der Waals surface area contributed by atoms with Crippen LogP contribution in [0.4, 0.5) is 0 Å². The molecule has 2 aromatic rings. The number of rotatable bonds is 5. The van der Waals surface area contributed by atoms with Gasteiger partial charge >= 0.3 is 0 Å². The van der Waals surface area contributed by atoms with E-state index in [9.17, 15) is 0 Å². The quantitative estimate of drug-likeness (QED) is 0.903. The zero-order chi connectivity index (χ0) is 14.7. The summed E-state index contributed by atoms with van der Waals surface area (Å²) in [6.07, 6.45) is 2.75. The van der Waals surface area contributed by atoms with E-state index in [4.69, 9.17) is 0 Å². The molecule has 0 saturated heterocycles. The molecule has 0 radical (unpaired) electrons. The van der Waals surface area contributed by atoms with Crippen molar-refractivity contribution in [1.29, 1.82) is 0 Å². The van der Waals surface area contributed by atoms with Crippen LogP contribution in [0, 0.1) is 0 Å². The lowest BCUT2D eigenvalue weighted by Gasteiger charge is -2.36. The number of nitrogens with one attached hydrogen (secondary N) is 1. The van der Waals surface area contributed by atoms with Gasteiger partial charge < -0.3 is 5.32 Å². The van der Waals surface area contributed by atoms with Crippen LogP contribution >= 0.6 is 0 Å². The molecular formula is C16H23N5. The molecule has 1 atom stereocenters. The van der Waals surface area contributed by atoms with Gasteiger partial charge in [-0.25, -0.2) is 9.67 Å². The zero-order valence-corrected chi connectivity index (χ0v) is 12.8. The predicted molar refractivity (Wildman–Crippen MR) is 82.8 cm³/mol. The maximum atomic E-state index is 4.42. The van der Waals surface area contributed by atoms with E-state index in [2.05, 4.69) is 51.5 Å². The third-order valence-electron chi connectivity index (χ3n) is 4.24. The fraction of sp³-hybridized carbons (Fsp3) is 0.500. The number of nitrogens with zero attached hydrogens (tertiary/aromatic N) is 4. The SMILES string of the molecule is CCn1ncnc1CN1Cc2ccccc2CC1CNC. The number of aromatic nitrogens is 3. The Kier molecular flexibility index (Phi) is 4.31. The first-order valence-corrected chi connectivity index (χ1v) is 7.64. The largest absolute Gasteiger partial charge is 0.318 e. The van der Waals surface area contributed by atoms with E-state index in [1.54, 1.807) is 6.33 Å². The minimum Gasteiger partial charge on any atom is -0.318 e. The van der Waals surface area contributed by atoms with Crippen LogP contribution in [0.15, 0.2) is 30.6 Å². The summed E-state index contributed by atoms with van der Waals surface area (Å²) in [5, 5.41) is 7.60. The van der Waals surface area contributed by atoms with Crippen LogP contribution in [-0.4, -0.2) is 39.3 Å². The molecule has 0 bridgehead atoms. The van der Waals surface area contributed by atoms with Crippen molar-refractivity contribution in [3.05, 3.63) is 47.5 Å². The Bertz CT molecular complexity index is 592. The first kappa shape index (κ1) is 14.2. The summed E-state index contributed by atoms with van der Waals surface area (Å²) in [5.41, 5.74) is 2.92. The second-order valence-electron chi connectivity index (χ2n) is 5.58. The highest BCUT2D eigenvalue weighted by Crippen LogP contribution is 2.24. The monoisotopic (exact) mass is 285 g/mol. The molecule has 1 aliphatic rings. The maximum Gasteiger partial charge on any atom is 0.141 e. The summed E-state index contributed by atoms with van der Waals surface area (Å²) in [5.74, 6) is 1.05. The predicted octanol–water partition coefficient (Wildman–Crippen LogP) is 1.44. The minimum absolute atomic E-state index is 0.506. The van der Waals surface area contributed by atoms with E-state index in [1.165, 1.54) is 11.1 Å². The zero-order valence-electron chi connectivity index (χ0n) is 12.8. The van der Waals surface area contributed by atoms with E-state index in [1.807, 2.05) is 11.7 Å². The molecule has 2 heterocycles. The van der Waals surface area contributed by atoms with Crippen molar-refractivity contribution in [3.8, 4) is 0 Å². The van der Waals surface area contributed by atoms with Crippen LogP contribution in [-0.2, 0) is 26.1 Å². The fourth-order valence-electron chi connectivity index (χ4n) is 3.12. The Labute approximate surface area is 126 Å². The van der Waals surface area contributed by atoms with Gasteiger partial charge in [-0.2, -0.15) is 5.10 Å². The summed E-state index contributed by atoms with van der Waals surface area (Å²) < 4.78 is 1.98. The molecule has 112 valence electrons. The number of aryl methyl sites for hydroxylation is 1. The van der Waals surface area contributed by atoms with E-state index in [0.717, 1.165) is 38.4 Å². The lowest BCUT2D eigenvalue weighted by atomic mass is 9.94. The van der Waals surface area contributed by atoms with E-state index in [-0.39, 0.29) is 0 Å². The van der Waals surface area contributed by atoms with Gasteiger partial charge in [0.15, 0.2) is 0 Å². The molecule has 1 unspecified atom stereocenters. The van der Waals surface area contributed by atoms with Crippen LogP contribution in [0.5, 0.6) is 0 Å². The van der Waals surface area contributed by atoms with Gasteiger partial charge in [0.05, 0.1) is 6.54 Å². The molecule has 5 nitrogen and oxygen atoms in total. The summed E-state index contributed by atoms with van der Waals surface area (Å²) in [7, 11) is 2.02. The topological polar surface area (TPSA) is 46.0 Å². The smallest absolute Gasteiger partial charge is 0.141 e. The van der Waals surface area contributed by atoms with E-state index >= 15 is 0 Å². The van der Waals surface area contributed by atoms with Crippen LogP contribution in [0.25, 0.3) is 0 Å². The van der Waals surface area contributed by atoms with Gasteiger partial charge in [-0.3, -0.25) is 4.90 Å². The van der Waals surface area contributed by atoms with Crippen molar-refractivity contribution in [2.45, 2.75) is 39.0 Å². The number of hydrogen-bond donors (Lipinski definition) is 1. The van der Waals surface area contributed by atoms with Crippen molar-refractivity contribution >= 4 is 0 Å². The maximum absolute atomic E-state index is 4.42. The fourth-order valence-corrected chi connectivity index (χ4v) is 3.12. The summed E-state index contributed by atoms with van der Waals surface area (Å²) in [6, 6.07) is 9.27. The molecule has 5 heteroatoms. The lowest BCUT2D eigenvalue weighted by molar-refractivity contribution is 0.154. The molecule has 21 heavy (non-hydrogen) atoms. The molecular weight excluding hydrogens is 262 g/mol. The number of hydrogen-bond acceptors (Lipinski definition) is 4. The standard InChI is InChI=1S/C16H23N5/c1-3-21-16(18-12-19-21)11-20-10-14-7-5-4-6-13(14)8-15(20)9-17-2/h4-7,12,15,17H,3,8-11H2,1-2H3. The molecule has 1 N–H and O–H groups in total. The lowest BCUT2D eigenvalue weighted by Crippen LogP contribution is -2.45.